The molecule has 137 valence electrons. The summed E-state index contributed by atoms with van der Waals surface area (Å²) in [5.74, 6) is -1.58. The van der Waals surface area contributed by atoms with E-state index in [4.69, 9.17) is 9.47 Å². The Hall–Kier alpha value is -3.98. The van der Waals surface area contributed by atoms with Gasteiger partial charge in [-0.1, -0.05) is 37.3 Å². The van der Waals surface area contributed by atoms with E-state index in [2.05, 4.69) is 4.98 Å². The van der Waals surface area contributed by atoms with Gasteiger partial charge in [0.2, 0.25) is 11.8 Å². The minimum atomic E-state index is -0.667. The van der Waals surface area contributed by atoms with Crippen LogP contribution in [0, 0.1) is 17.8 Å². The first-order chi connectivity index (χ1) is 13.6. The Morgan fingerprint density at radius 2 is 1.64 bits per heavy atom. The van der Waals surface area contributed by atoms with Gasteiger partial charge in [0.15, 0.2) is 0 Å². The number of nitrogens with zero attached hydrogens (tertiary/aromatic N) is 2. The number of nitriles is 1. The molecule has 0 amide bonds. The Balaban J connectivity index is 1.82. The Bertz CT molecular complexity index is 1060. The second-order valence-corrected chi connectivity index (χ2v) is 5.67. The number of benzene rings is 2. The fourth-order valence-corrected chi connectivity index (χ4v) is 2.36. The molecule has 2 aromatic carbocycles. The van der Waals surface area contributed by atoms with Crippen LogP contribution in [-0.4, -0.2) is 16.9 Å². The molecule has 1 heterocycles. The van der Waals surface area contributed by atoms with Gasteiger partial charge in [-0.05, 0) is 42.3 Å². The summed E-state index contributed by atoms with van der Waals surface area (Å²) in [6.45, 7) is 1.85. The molecule has 3 rings (SSSR count). The summed E-state index contributed by atoms with van der Waals surface area (Å²) in [5.41, 5.74) is 1.56. The van der Waals surface area contributed by atoms with Gasteiger partial charge in [-0.15, -0.1) is 0 Å². The average molecular weight is 371 g/mol. The van der Waals surface area contributed by atoms with E-state index in [9.17, 15) is 14.9 Å². The smallest absolute Gasteiger partial charge is 0.344 e. The topological polar surface area (TPSA) is 89.3 Å². The largest absolute Gasteiger partial charge is 0.404 e. The Morgan fingerprint density at radius 1 is 0.929 bits per heavy atom. The quantitative estimate of drug-likeness (QED) is 0.631. The third-order valence-corrected chi connectivity index (χ3v) is 3.81. The molecule has 0 bridgehead atoms. The number of hydrogen-bond donors (Lipinski definition) is 0. The highest BCUT2D eigenvalue weighted by Gasteiger charge is 2.16. The second-order valence-electron chi connectivity index (χ2n) is 5.67. The lowest BCUT2D eigenvalue weighted by molar-refractivity contribution is 0.0717. The van der Waals surface area contributed by atoms with Crippen LogP contribution in [0.3, 0.4) is 0 Å². The van der Waals surface area contributed by atoms with Crippen molar-refractivity contribution in [1.82, 2.24) is 4.98 Å². The van der Waals surface area contributed by atoms with E-state index in [1.54, 1.807) is 48.5 Å². The third kappa shape index (κ3) is 4.40. The number of esters is 2. The molecule has 0 saturated carbocycles. The lowest BCUT2D eigenvalue weighted by Gasteiger charge is -2.08. The zero-order valence-corrected chi connectivity index (χ0v) is 15.0. The molecule has 0 atom stereocenters. The van der Waals surface area contributed by atoms with E-state index < -0.39 is 11.9 Å². The number of carbonyl (C=O) groups is 2. The molecule has 0 spiro atoms. The molecule has 6 heteroatoms. The molecular formula is C22H15N2O4. The summed E-state index contributed by atoms with van der Waals surface area (Å²) in [5, 5.41) is 9.24. The summed E-state index contributed by atoms with van der Waals surface area (Å²) >= 11 is 0. The van der Waals surface area contributed by atoms with Crippen molar-refractivity contribution in [2.75, 3.05) is 0 Å². The molecule has 0 fully saturated rings. The van der Waals surface area contributed by atoms with Gasteiger partial charge >= 0.3 is 11.9 Å². The van der Waals surface area contributed by atoms with Crippen molar-refractivity contribution in [3.05, 3.63) is 95.4 Å². The first-order valence-corrected chi connectivity index (χ1v) is 8.40. The summed E-state index contributed by atoms with van der Waals surface area (Å²) in [7, 11) is 0. The number of rotatable bonds is 5. The first-order valence-electron chi connectivity index (χ1n) is 8.40. The highest BCUT2D eigenvalue weighted by Crippen LogP contribution is 2.22. The predicted molar refractivity (Wildman–Crippen MR) is 101 cm³/mol. The van der Waals surface area contributed by atoms with Crippen LogP contribution in [0.25, 0.3) is 0 Å². The van der Waals surface area contributed by atoms with Crippen LogP contribution in [-0.2, 0) is 0 Å². The van der Waals surface area contributed by atoms with Gasteiger partial charge < -0.3 is 9.47 Å². The number of ether oxygens (including phenoxy) is 2. The van der Waals surface area contributed by atoms with Gasteiger partial charge in [-0.2, -0.15) is 10.2 Å². The predicted octanol–water partition coefficient (Wildman–Crippen LogP) is 3.96. The zero-order valence-electron chi connectivity index (χ0n) is 15.0. The van der Waals surface area contributed by atoms with Crippen LogP contribution < -0.4 is 9.47 Å². The monoisotopic (exact) mass is 371 g/mol. The molecule has 3 aromatic rings. The maximum Gasteiger partial charge on any atom is 0.344 e. The molecule has 6 nitrogen and oxygen atoms in total. The molecule has 0 aliphatic heterocycles. The van der Waals surface area contributed by atoms with Gasteiger partial charge in [-0.25, -0.2) is 9.59 Å². The van der Waals surface area contributed by atoms with Crippen LogP contribution in [0.4, 0.5) is 0 Å². The molecular weight excluding hydrogens is 356 g/mol. The van der Waals surface area contributed by atoms with Crippen LogP contribution in [0.15, 0.2) is 66.7 Å². The maximum absolute atomic E-state index is 12.4. The van der Waals surface area contributed by atoms with Crippen molar-refractivity contribution in [3.63, 3.8) is 0 Å². The van der Waals surface area contributed by atoms with Crippen LogP contribution in [0.1, 0.15) is 38.8 Å². The Kier molecular flexibility index (Phi) is 5.78. The van der Waals surface area contributed by atoms with Crippen LogP contribution in [0.5, 0.6) is 11.8 Å². The minimum absolute atomic E-state index is 0.0473. The van der Waals surface area contributed by atoms with E-state index in [0.717, 1.165) is 5.56 Å². The highest BCUT2D eigenvalue weighted by molar-refractivity contribution is 5.92. The molecule has 0 N–H and O–H groups in total. The maximum atomic E-state index is 12.4. The average Bonchev–Trinajstić information content (AvgIpc) is 2.74. The van der Waals surface area contributed by atoms with Gasteiger partial charge in [-0.3, -0.25) is 0 Å². The molecule has 0 saturated heterocycles. The third-order valence-electron chi connectivity index (χ3n) is 3.81. The van der Waals surface area contributed by atoms with Crippen LogP contribution >= 0.6 is 0 Å². The fourth-order valence-electron chi connectivity index (χ4n) is 2.36. The van der Waals surface area contributed by atoms with Gasteiger partial charge in [0.25, 0.3) is 0 Å². The molecule has 1 aromatic heterocycles. The van der Waals surface area contributed by atoms with Gasteiger partial charge in [0, 0.05) is 6.07 Å². The second kappa shape index (κ2) is 8.60. The van der Waals surface area contributed by atoms with Crippen molar-refractivity contribution in [2.24, 2.45) is 0 Å². The molecule has 28 heavy (non-hydrogen) atoms. The first kappa shape index (κ1) is 18.8. The van der Waals surface area contributed by atoms with Crippen molar-refractivity contribution in [2.45, 2.75) is 6.92 Å². The molecule has 0 aliphatic carbocycles. The number of carbonyl (C=O) groups excluding carboxylic acids is 2. The number of aromatic nitrogens is 1. The normalized spacial score (nSPS) is 10.0. The minimum Gasteiger partial charge on any atom is -0.404 e. The van der Waals surface area contributed by atoms with Gasteiger partial charge in [0.05, 0.1) is 11.1 Å². The van der Waals surface area contributed by atoms with Crippen LogP contribution in [0.2, 0.25) is 0 Å². The molecule has 1 radical (unpaired) electrons. The molecule has 0 aliphatic rings. The van der Waals surface area contributed by atoms with Gasteiger partial charge in [0.1, 0.15) is 11.6 Å². The van der Waals surface area contributed by atoms with E-state index in [1.165, 1.54) is 12.1 Å². The van der Waals surface area contributed by atoms with E-state index in [0.29, 0.717) is 11.1 Å². The Morgan fingerprint density at radius 3 is 2.36 bits per heavy atom. The highest BCUT2D eigenvalue weighted by atomic mass is 16.6. The molecule has 0 unspecified atom stereocenters. The SMILES string of the molecule is C[CH]c1cccc(C(=O)Oc2nc(OC(=O)c3ccccc3)ccc2C#N)c1. The summed E-state index contributed by atoms with van der Waals surface area (Å²) in [6.07, 6.45) is 1.85. The lowest BCUT2D eigenvalue weighted by atomic mass is 10.1. The van der Waals surface area contributed by atoms with E-state index >= 15 is 0 Å². The van der Waals surface area contributed by atoms with Crippen molar-refractivity contribution in [3.8, 4) is 17.8 Å². The van der Waals surface area contributed by atoms with Crippen molar-refractivity contribution >= 4 is 11.9 Å². The zero-order chi connectivity index (χ0) is 19.9. The van der Waals surface area contributed by atoms with Crippen molar-refractivity contribution < 1.29 is 19.1 Å². The van der Waals surface area contributed by atoms with E-state index in [-0.39, 0.29) is 17.3 Å². The number of pyridine rings is 1. The van der Waals surface area contributed by atoms with E-state index in [1.807, 2.05) is 25.5 Å². The lowest BCUT2D eigenvalue weighted by Crippen LogP contribution is -2.13. The summed E-state index contributed by atoms with van der Waals surface area (Å²) in [6, 6.07) is 19.9. The summed E-state index contributed by atoms with van der Waals surface area (Å²) in [4.78, 5) is 28.6. The van der Waals surface area contributed by atoms with Crippen molar-refractivity contribution in [1.29, 1.82) is 5.26 Å². The standard InChI is InChI=1S/C22H15N2O4/c1-2-15-7-6-10-17(13-15)22(26)28-20-18(14-23)11-12-19(24-20)27-21(25)16-8-4-3-5-9-16/h2-13H,1H3. The number of hydrogen-bond acceptors (Lipinski definition) is 6. The summed E-state index contributed by atoms with van der Waals surface area (Å²) < 4.78 is 10.5. The Labute approximate surface area is 162 Å². The fraction of sp³-hybridized carbons (Fsp3) is 0.0455.